The summed E-state index contributed by atoms with van der Waals surface area (Å²) in [5, 5.41) is 10.9. The first-order chi connectivity index (χ1) is 13.2. The standard InChI is InChI=1S/C22H16N2O3/c25-20(16-10-5-2-6-11-16)18-19(15-8-3-1-4-9-15)24(22(27)21(18)26)17-12-7-13-23-14-17/h1-14,19,25H/t19-/m1/s1. The first-order valence-electron chi connectivity index (χ1n) is 8.50. The van der Waals surface area contributed by atoms with Gasteiger partial charge in [0.05, 0.1) is 23.5 Å². The summed E-state index contributed by atoms with van der Waals surface area (Å²) in [5.74, 6) is -1.59. The van der Waals surface area contributed by atoms with Gasteiger partial charge in [-0.1, -0.05) is 60.7 Å². The normalized spacial score (nSPS) is 18.7. The second-order valence-electron chi connectivity index (χ2n) is 6.16. The lowest BCUT2D eigenvalue weighted by atomic mass is 9.95. The maximum atomic E-state index is 12.9. The van der Waals surface area contributed by atoms with Crippen LogP contribution in [0.15, 0.2) is 90.8 Å². The van der Waals surface area contributed by atoms with Crippen LogP contribution < -0.4 is 4.90 Å². The number of benzene rings is 2. The van der Waals surface area contributed by atoms with Crippen molar-refractivity contribution in [1.82, 2.24) is 4.98 Å². The summed E-state index contributed by atoms with van der Waals surface area (Å²) in [7, 11) is 0. The van der Waals surface area contributed by atoms with Gasteiger partial charge in [-0.2, -0.15) is 0 Å². The number of carbonyl (C=O) groups is 2. The van der Waals surface area contributed by atoms with Crippen LogP contribution in [0.25, 0.3) is 5.76 Å². The number of aliphatic hydroxyl groups excluding tert-OH is 1. The molecular formula is C22H16N2O3. The van der Waals surface area contributed by atoms with E-state index < -0.39 is 17.7 Å². The van der Waals surface area contributed by atoms with Gasteiger partial charge < -0.3 is 5.11 Å². The SMILES string of the molecule is O=C1C(=O)N(c2cccnc2)[C@H](c2ccccc2)C1=C(O)c1ccccc1. The maximum absolute atomic E-state index is 12.9. The van der Waals surface area contributed by atoms with Crippen LogP contribution >= 0.6 is 0 Å². The average Bonchev–Trinajstić information content (AvgIpc) is 3.00. The predicted octanol–water partition coefficient (Wildman–Crippen LogP) is 3.71. The van der Waals surface area contributed by atoms with E-state index in [1.54, 1.807) is 42.6 Å². The van der Waals surface area contributed by atoms with Gasteiger partial charge in [0.15, 0.2) is 0 Å². The Morgan fingerprint density at radius 1 is 0.889 bits per heavy atom. The molecule has 3 aromatic rings. The van der Waals surface area contributed by atoms with Crippen molar-refractivity contribution in [2.24, 2.45) is 0 Å². The largest absolute Gasteiger partial charge is 0.507 e. The number of hydrogen-bond acceptors (Lipinski definition) is 4. The Bertz CT molecular complexity index is 1020. The third-order valence-electron chi connectivity index (χ3n) is 4.53. The van der Waals surface area contributed by atoms with Crippen LogP contribution in [0.3, 0.4) is 0 Å². The zero-order valence-electron chi connectivity index (χ0n) is 14.3. The summed E-state index contributed by atoms with van der Waals surface area (Å²) < 4.78 is 0. The predicted molar refractivity (Wildman–Crippen MR) is 102 cm³/mol. The molecule has 0 unspecified atom stereocenters. The van der Waals surface area contributed by atoms with E-state index in [0.717, 1.165) is 5.56 Å². The zero-order chi connectivity index (χ0) is 18.8. The van der Waals surface area contributed by atoms with Crippen molar-refractivity contribution >= 4 is 23.1 Å². The number of anilines is 1. The minimum atomic E-state index is -0.726. The highest BCUT2D eigenvalue weighted by atomic mass is 16.3. The van der Waals surface area contributed by atoms with E-state index in [4.69, 9.17) is 0 Å². The van der Waals surface area contributed by atoms with Gasteiger partial charge in [-0.15, -0.1) is 0 Å². The second kappa shape index (κ2) is 6.88. The molecule has 27 heavy (non-hydrogen) atoms. The Kier molecular flexibility index (Phi) is 4.26. The van der Waals surface area contributed by atoms with E-state index in [1.165, 1.54) is 11.1 Å². The smallest absolute Gasteiger partial charge is 0.300 e. The molecule has 0 radical (unpaired) electrons. The molecular weight excluding hydrogens is 340 g/mol. The third kappa shape index (κ3) is 2.89. The first kappa shape index (κ1) is 16.7. The van der Waals surface area contributed by atoms with Gasteiger partial charge in [-0.05, 0) is 17.7 Å². The highest BCUT2D eigenvalue weighted by Crippen LogP contribution is 2.41. The second-order valence-corrected chi connectivity index (χ2v) is 6.16. The molecule has 1 aliphatic heterocycles. The summed E-state index contributed by atoms with van der Waals surface area (Å²) in [6.45, 7) is 0. The molecule has 2 aromatic carbocycles. The van der Waals surface area contributed by atoms with Gasteiger partial charge in [0, 0.05) is 11.8 Å². The average molecular weight is 356 g/mol. The van der Waals surface area contributed by atoms with E-state index in [9.17, 15) is 14.7 Å². The number of hydrogen-bond donors (Lipinski definition) is 1. The van der Waals surface area contributed by atoms with Crippen molar-refractivity contribution in [1.29, 1.82) is 0 Å². The lowest BCUT2D eigenvalue weighted by Gasteiger charge is -2.25. The molecule has 0 aliphatic carbocycles. The molecule has 1 amide bonds. The summed E-state index contributed by atoms with van der Waals surface area (Å²) >= 11 is 0. The Hall–Kier alpha value is -3.73. The molecule has 1 aromatic heterocycles. The maximum Gasteiger partial charge on any atom is 0.300 e. The molecule has 1 aliphatic rings. The van der Waals surface area contributed by atoms with E-state index in [2.05, 4.69) is 4.98 Å². The van der Waals surface area contributed by atoms with E-state index in [0.29, 0.717) is 11.3 Å². The van der Waals surface area contributed by atoms with Gasteiger partial charge in [0.25, 0.3) is 11.7 Å². The Morgan fingerprint density at radius 2 is 1.56 bits per heavy atom. The van der Waals surface area contributed by atoms with Crippen LogP contribution in [-0.2, 0) is 9.59 Å². The quantitative estimate of drug-likeness (QED) is 0.441. The molecule has 4 rings (SSSR count). The van der Waals surface area contributed by atoms with E-state index >= 15 is 0 Å². The highest BCUT2D eigenvalue weighted by molar-refractivity contribution is 6.51. The molecule has 0 bridgehead atoms. The summed E-state index contributed by atoms with van der Waals surface area (Å²) in [5.41, 5.74) is 1.79. The zero-order valence-corrected chi connectivity index (χ0v) is 14.3. The van der Waals surface area contributed by atoms with Crippen molar-refractivity contribution in [3.63, 3.8) is 0 Å². The number of carbonyl (C=O) groups excluding carboxylic acids is 2. The molecule has 1 fully saturated rings. The van der Waals surface area contributed by atoms with Crippen LogP contribution in [0.1, 0.15) is 17.2 Å². The van der Waals surface area contributed by atoms with Crippen molar-refractivity contribution in [2.45, 2.75) is 6.04 Å². The monoisotopic (exact) mass is 356 g/mol. The summed E-state index contributed by atoms with van der Waals surface area (Å²) in [6.07, 6.45) is 3.13. The molecule has 1 atom stereocenters. The van der Waals surface area contributed by atoms with Gasteiger partial charge in [-0.3, -0.25) is 19.5 Å². The van der Waals surface area contributed by atoms with Crippen molar-refractivity contribution in [3.8, 4) is 0 Å². The Morgan fingerprint density at radius 3 is 2.19 bits per heavy atom. The molecule has 2 heterocycles. The number of ketones is 1. The number of Topliss-reactive ketones (excluding diaryl/α,β-unsaturated/α-hetero) is 1. The molecule has 1 N–H and O–H groups in total. The van der Waals surface area contributed by atoms with Gasteiger partial charge in [-0.25, -0.2) is 0 Å². The highest BCUT2D eigenvalue weighted by Gasteiger charge is 2.46. The number of pyridine rings is 1. The minimum absolute atomic E-state index is 0.0706. The fourth-order valence-corrected chi connectivity index (χ4v) is 3.30. The minimum Gasteiger partial charge on any atom is -0.507 e. The third-order valence-corrected chi connectivity index (χ3v) is 4.53. The number of amides is 1. The molecule has 132 valence electrons. The molecule has 5 nitrogen and oxygen atoms in total. The van der Waals surface area contributed by atoms with Crippen molar-refractivity contribution < 1.29 is 14.7 Å². The summed E-state index contributed by atoms with van der Waals surface area (Å²) in [4.78, 5) is 31.1. The van der Waals surface area contributed by atoms with Gasteiger partial charge in [0.1, 0.15) is 5.76 Å². The fourth-order valence-electron chi connectivity index (χ4n) is 3.30. The topological polar surface area (TPSA) is 70.5 Å². The van der Waals surface area contributed by atoms with Crippen LogP contribution in [-0.4, -0.2) is 21.8 Å². The summed E-state index contributed by atoms with van der Waals surface area (Å²) in [6, 6.07) is 20.6. The fraction of sp³-hybridized carbons (Fsp3) is 0.0455. The van der Waals surface area contributed by atoms with E-state index in [1.807, 2.05) is 36.4 Å². The Balaban J connectivity index is 1.95. The van der Waals surface area contributed by atoms with Crippen LogP contribution in [0, 0.1) is 0 Å². The van der Waals surface area contributed by atoms with Crippen molar-refractivity contribution in [3.05, 3.63) is 102 Å². The van der Waals surface area contributed by atoms with Crippen LogP contribution in [0.4, 0.5) is 5.69 Å². The number of aliphatic hydroxyl groups is 1. The molecule has 1 saturated heterocycles. The first-order valence-corrected chi connectivity index (χ1v) is 8.50. The lowest BCUT2D eigenvalue weighted by Crippen LogP contribution is -2.29. The van der Waals surface area contributed by atoms with Gasteiger partial charge in [0.2, 0.25) is 0 Å². The Labute approximate surface area is 156 Å². The van der Waals surface area contributed by atoms with Crippen LogP contribution in [0.5, 0.6) is 0 Å². The van der Waals surface area contributed by atoms with Crippen molar-refractivity contribution in [2.75, 3.05) is 4.90 Å². The number of nitrogens with zero attached hydrogens (tertiary/aromatic N) is 2. The molecule has 5 heteroatoms. The molecule has 0 saturated carbocycles. The van der Waals surface area contributed by atoms with Gasteiger partial charge >= 0.3 is 0 Å². The number of rotatable bonds is 3. The molecule has 0 spiro atoms. The van der Waals surface area contributed by atoms with E-state index in [-0.39, 0.29) is 11.3 Å². The lowest BCUT2D eigenvalue weighted by molar-refractivity contribution is -0.132. The van der Waals surface area contributed by atoms with Crippen LogP contribution in [0.2, 0.25) is 0 Å². The number of aromatic nitrogens is 1.